The Balaban J connectivity index is 2.14. The molecule has 2 aromatic rings. The van der Waals surface area contributed by atoms with E-state index in [1.165, 1.54) is 0 Å². The zero-order valence-corrected chi connectivity index (χ0v) is 13.0. The predicted octanol–water partition coefficient (Wildman–Crippen LogP) is 2.95. The number of rotatable bonds is 6. The summed E-state index contributed by atoms with van der Waals surface area (Å²) in [6.45, 7) is 2.28. The first-order chi connectivity index (χ1) is 11.2. The molecule has 0 atom stereocenters. The lowest BCUT2D eigenvalue weighted by Gasteiger charge is -2.09. The molecular formula is C19H19NO3. The van der Waals surface area contributed by atoms with Gasteiger partial charge in [-0.05, 0) is 24.1 Å². The summed E-state index contributed by atoms with van der Waals surface area (Å²) in [6.07, 6.45) is 1.54. The van der Waals surface area contributed by atoms with Crippen molar-refractivity contribution in [2.24, 2.45) is 0 Å². The van der Waals surface area contributed by atoms with Crippen molar-refractivity contribution < 1.29 is 14.3 Å². The number of esters is 1. The molecular weight excluding hydrogens is 290 g/mol. The fourth-order valence-corrected chi connectivity index (χ4v) is 2.02. The van der Waals surface area contributed by atoms with Crippen molar-refractivity contribution in [1.29, 1.82) is 0 Å². The van der Waals surface area contributed by atoms with Crippen molar-refractivity contribution in [3.63, 3.8) is 0 Å². The number of carbonyl (C=O) groups excluding carboxylic acids is 2. The largest absolute Gasteiger partial charge is 0.462 e. The van der Waals surface area contributed by atoms with Crippen molar-refractivity contribution in [3.8, 4) is 0 Å². The average molecular weight is 309 g/mol. The van der Waals surface area contributed by atoms with Gasteiger partial charge in [0.25, 0.3) is 5.91 Å². The lowest BCUT2D eigenvalue weighted by Crippen LogP contribution is -2.29. The van der Waals surface area contributed by atoms with Crippen LogP contribution in [-0.4, -0.2) is 18.5 Å². The average Bonchev–Trinajstić information content (AvgIpc) is 2.59. The van der Waals surface area contributed by atoms with Gasteiger partial charge in [0.2, 0.25) is 0 Å². The summed E-state index contributed by atoms with van der Waals surface area (Å²) in [5.41, 5.74) is 1.73. The molecule has 0 aliphatic rings. The summed E-state index contributed by atoms with van der Waals surface area (Å²) in [4.78, 5) is 24.4. The quantitative estimate of drug-likeness (QED) is 0.386. The lowest BCUT2D eigenvalue weighted by atomic mass is 10.1. The first-order valence-corrected chi connectivity index (χ1v) is 7.46. The van der Waals surface area contributed by atoms with E-state index in [1.807, 2.05) is 60.7 Å². The van der Waals surface area contributed by atoms with Crippen LogP contribution in [0.2, 0.25) is 0 Å². The minimum atomic E-state index is -0.623. The molecule has 0 saturated carbocycles. The Labute approximate surface area is 135 Å². The molecule has 2 rings (SSSR count). The van der Waals surface area contributed by atoms with Crippen LogP contribution >= 0.6 is 0 Å². The second-order valence-corrected chi connectivity index (χ2v) is 4.86. The van der Waals surface area contributed by atoms with Crippen LogP contribution in [0, 0.1) is 0 Å². The molecule has 4 heteroatoms. The maximum atomic E-state index is 12.4. The van der Waals surface area contributed by atoms with Gasteiger partial charge in [0.1, 0.15) is 5.57 Å². The van der Waals surface area contributed by atoms with E-state index < -0.39 is 11.9 Å². The molecule has 0 aromatic heterocycles. The van der Waals surface area contributed by atoms with Gasteiger partial charge in [0.05, 0.1) is 6.61 Å². The van der Waals surface area contributed by atoms with E-state index in [4.69, 9.17) is 4.74 Å². The van der Waals surface area contributed by atoms with E-state index in [0.29, 0.717) is 6.54 Å². The number of amides is 1. The molecule has 0 unspecified atom stereocenters. The van der Waals surface area contributed by atoms with Crippen molar-refractivity contribution >= 4 is 18.0 Å². The molecule has 0 heterocycles. The van der Waals surface area contributed by atoms with E-state index >= 15 is 0 Å². The molecule has 0 aliphatic carbocycles. The van der Waals surface area contributed by atoms with Gasteiger partial charge < -0.3 is 10.1 Å². The molecule has 4 nitrogen and oxygen atoms in total. The number of hydrogen-bond donors (Lipinski definition) is 1. The van der Waals surface area contributed by atoms with Gasteiger partial charge >= 0.3 is 5.97 Å². The standard InChI is InChI=1S/C19H19NO3/c1-2-23-19(22)17(13-15-9-5-3-6-10-15)18(21)20-14-16-11-7-4-8-12-16/h3-13H,2,14H2,1H3,(H,20,21). The van der Waals surface area contributed by atoms with Gasteiger partial charge in [0.15, 0.2) is 0 Å². The second kappa shape index (κ2) is 8.54. The van der Waals surface area contributed by atoms with Crippen molar-refractivity contribution in [2.45, 2.75) is 13.5 Å². The molecule has 1 amide bonds. The summed E-state index contributed by atoms with van der Waals surface area (Å²) < 4.78 is 4.98. The predicted molar refractivity (Wildman–Crippen MR) is 89.3 cm³/mol. The molecule has 0 saturated heterocycles. The SMILES string of the molecule is CCOC(=O)C(=Cc1ccccc1)C(=O)NCc1ccccc1. The number of benzene rings is 2. The Morgan fingerprint density at radius 3 is 2.22 bits per heavy atom. The van der Waals surface area contributed by atoms with Crippen LogP contribution in [0.5, 0.6) is 0 Å². The topological polar surface area (TPSA) is 55.4 Å². The number of carbonyl (C=O) groups is 2. The molecule has 2 aromatic carbocycles. The molecule has 0 bridgehead atoms. The number of ether oxygens (including phenoxy) is 1. The Kier molecular flexibility index (Phi) is 6.12. The Bertz CT molecular complexity index is 678. The second-order valence-electron chi connectivity index (χ2n) is 4.86. The highest BCUT2D eigenvalue weighted by Gasteiger charge is 2.19. The third-order valence-electron chi connectivity index (χ3n) is 3.15. The maximum Gasteiger partial charge on any atom is 0.343 e. The van der Waals surface area contributed by atoms with Crippen LogP contribution in [0.4, 0.5) is 0 Å². The normalized spacial score (nSPS) is 10.9. The van der Waals surface area contributed by atoms with Crippen LogP contribution in [0.1, 0.15) is 18.1 Å². The van der Waals surface area contributed by atoms with Crippen molar-refractivity contribution in [2.75, 3.05) is 6.61 Å². The zero-order valence-electron chi connectivity index (χ0n) is 13.0. The highest BCUT2D eigenvalue weighted by atomic mass is 16.5. The number of nitrogens with one attached hydrogen (secondary N) is 1. The first-order valence-electron chi connectivity index (χ1n) is 7.46. The number of hydrogen-bond acceptors (Lipinski definition) is 3. The summed E-state index contributed by atoms with van der Waals surface area (Å²) >= 11 is 0. The van der Waals surface area contributed by atoms with Gasteiger partial charge in [-0.25, -0.2) is 4.79 Å². The van der Waals surface area contributed by atoms with Gasteiger partial charge in [0, 0.05) is 6.54 Å². The molecule has 23 heavy (non-hydrogen) atoms. The highest BCUT2D eigenvalue weighted by molar-refractivity contribution is 6.19. The zero-order chi connectivity index (χ0) is 16.5. The van der Waals surface area contributed by atoms with Crippen LogP contribution in [-0.2, 0) is 20.9 Å². The Morgan fingerprint density at radius 2 is 1.61 bits per heavy atom. The van der Waals surface area contributed by atoms with E-state index in [9.17, 15) is 9.59 Å². The first kappa shape index (κ1) is 16.5. The lowest BCUT2D eigenvalue weighted by molar-refractivity contribution is -0.140. The summed E-state index contributed by atoms with van der Waals surface area (Å²) in [7, 11) is 0. The third-order valence-corrected chi connectivity index (χ3v) is 3.15. The van der Waals surface area contributed by atoms with Gasteiger partial charge in [-0.3, -0.25) is 4.79 Å². The van der Waals surface area contributed by atoms with E-state index in [2.05, 4.69) is 5.32 Å². The molecule has 0 radical (unpaired) electrons. The third kappa shape index (κ3) is 5.11. The Hall–Kier alpha value is -2.88. The molecule has 1 N–H and O–H groups in total. The fraction of sp³-hybridized carbons (Fsp3) is 0.158. The van der Waals surface area contributed by atoms with Crippen molar-refractivity contribution in [3.05, 3.63) is 77.4 Å². The van der Waals surface area contributed by atoms with E-state index in [0.717, 1.165) is 11.1 Å². The smallest absolute Gasteiger partial charge is 0.343 e. The van der Waals surface area contributed by atoms with E-state index in [1.54, 1.807) is 13.0 Å². The van der Waals surface area contributed by atoms with Crippen molar-refractivity contribution in [1.82, 2.24) is 5.32 Å². The minimum absolute atomic E-state index is 0.00557. The summed E-state index contributed by atoms with van der Waals surface area (Å²) in [5.74, 6) is -1.07. The molecule has 0 fully saturated rings. The fourth-order valence-electron chi connectivity index (χ4n) is 2.02. The van der Waals surface area contributed by atoms with Gasteiger partial charge in [-0.15, -0.1) is 0 Å². The van der Waals surface area contributed by atoms with E-state index in [-0.39, 0.29) is 12.2 Å². The van der Waals surface area contributed by atoms with Crippen LogP contribution in [0.15, 0.2) is 66.2 Å². The monoisotopic (exact) mass is 309 g/mol. The van der Waals surface area contributed by atoms with Crippen LogP contribution in [0.3, 0.4) is 0 Å². The van der Waals surface area contributed by atoms with Crippen LogP contribution in [0.25, 0.3) is 6.08 Å². The maximum absolute atomic E-state index is 12.4. The summed E-state index contributed by atoms with van der Waals surface area (Å²) in [5, 5.41) is 2.75. The molecule has 118 valence electrons. The summed E-state index contributed by atoms with van der Waals surface area (Å²) in [6, 6.07) is 18.7. The molecule has 0 aliphatic heterocycles. The van der Waals surface area contributed by atoms with Gasteiger partial charge in [-0.1, -0.05) is 60.7 Å². The Morgan fingerprint density at radius 1 is 1.00 bits per heavy atom. The van der Waals surface area contributed by atoms with Gasteiger partial charge in [-0.2, -0.15) is 0 Å². The highest BCUT2D eigenvalue weighted by Crippen LogP contribution is 2.09. The van der Waals surface area contributed by atoms with Crippen LogP contribution < -0.4 is 5.32 Å². The minimum Gasteiger partial charge on any atom is -0.462 e. The molecule has 0 spiro atoms.